The van der Waals surface area contributed by atoms with Gasteiger partial charge in [-0.3, -0.25) is 14.6 Å². The Hall–Kier alpha value is -3.23. The number of anilines is 3. The highest BCUT2D eigenvalue weighted by atomic mass is 19.1. The van der Waals surface area contributed by atoms with E-state index in [-0.39, 0.29) is 47.5 Å². The Bertz CT molecular complexity index is 1080. The number of carbonyl (C=O) groups excluding carboxylic acids is 2. The van der Waals surface area contributed by atoms with E-state index in [0.717, 1.165) is 24.5 Å². The number of nitrogens with zero attached hydrogens (tertiary/aromatic N) is 2. The fourth-order valence-electron chi connectivity index (χ4n) is 4.07. The molecule has 1 saturated carbocycles. The van der Waals surface area contributed by atoms with Gasteiger partial charge in [0.2, 0.25) is 0 Å². The molecule has 2 aromatic rings. The highest BCUT2D eigenvalue weighted by Gasteiger charge is 2.28. The maximum atomic E-state index is 15.0. The number of aromatic nitrogens is 2. The molecule has 2 heterocycles. The van der Waals surface area contributed by atoms with Gasteiger partial charge in [-0.15, -0.1) is 0 Å². The summed E-state index contributed by atoms with van der Waals surface area (Å²) in [6.45, 7) is 11.3. The molecule has 8 nitrogen and oxygen atoms in total. The number of primary amides is 1. The van der Waals surface area contributed by atoms with Crippen molar-refractivity contribution < 1.29 is 18.7 Å². The van der Waals surface area contributed by atoms with Crippen LogP contribution in [-0.4, -0.2) is 33.5 Å². The Morgan fingerprint density at radius 1 is 1.17 bits per heavy atom. The third-order valence-corrected chi connectivity index (χ3v) is 5.86. The summed E-state index contributed by atoms with van der Waals surface area (Å²) in [6.07, 6.45) is 5.85. The van der Waals surface area contributed by atoms with Crippen LogP contribution < -0.4 is 16.4 Å². The molecule has 4 N–H and O–H groups in total. The highest BCUT2D eigenvalue weighted by Crippen LogP contribution is 2.40. The molecular formula is C26H36FN5O3. The minimum Gasteiger partial charge on any atom is -0.460 e. The van der Waals surface area contributed by atoms with Crippen LogP contribution in [0, 0.1) is 17.7 Å². The van der Waals surface area contributed by atoms with Crippen molar-refractivity contribution in [3.05, 3.63) is 41.5 Å². The minimum atomic E-state index is -0.796. The predicted molar refractivity (Wildman–Crippen MR) is 134 cm³/mol. The SMILES string of the molecule is CC(C)[C@@H](Nc1nc(Nc2cncc(C3CC3)c2)c(C(N)=O)cc1F)[C@H](C)CC(=O)OC(C)(C)C. The van der Waals surface area contributed by atoms with E-state index in [2.05, 4.69) is 20.6 Å². The van der Waals surface area contributed by atoms with Crippen molar-refractivity contribution in [1.82, 2.24) is 9.97 Å². The fourth-order valence-corrected chi connectivity index (χ4v) is 4.07. The van der Waals surface area contributed by atoms with Crippen LogP contribution in [0.5, 0.6) is 0 Å². The normalized spacial score (nSPS) is 15.4. The van der Waals surface area contributed by atoms with Crippen molar-refractivity contribution in [1.29, 1.82) is 0 Å². The van der Waals surface area contributed by atoms with E-state index in [9.17, 15) is 9.59 Å². The lowest BCUT2D eigenvalue weighted by atomic mass is 9.89. The van der Waals surface area contributed by atoms with E-state index in [1.54, 1.807) is 6.20 Å². The molecule has 0 unspecified atom stereocenters. The van der Waals surface area contributed by atoms with E-state index in [4.69, 9.17) is 10.5 Å². The maximum Gasteiger partial charge on any atom is 0.306 e. The van der Waals surface area contributed by atoms with Gasteiger partial charge in [0.15, 0.2) is 11.6 Å². The number of rotatable bonds is 10. The van der Waals surface area contributed by atoms with Crippen LogP contribution in [-0.2, 0) is 9.53 Å². The summed E-state index contributed by atoms with van der Waals surface area (Å²) < 4.78 is 20.5. The van der Waals surface area contributed by atoms with Crippen molar-refractivity contribution in [2.24, 2.45) is 17.6 Å². The van der Waals surface area contributed by atoms with E-state index < -0.39 is 17.3 Å². The molecular weight excluding hydrogens is 449 g/mol. The molecule has 3 rings (SSSR count). The van der Waals surface area contributed by atoms with Crippen molar-refractivity contribution >= 4 is 29.2 Å². The number of halogens is 1. The summed E-state index contributed by atoms with van der Waals surface area (Å²) in [5.41, 5.74) is 6.60. The van der Waals surface area contributed by atoms with Gasteiger partial charge in [-0.25, -0.2) is 9.37 Å². The third kappa shape index (κ3) is 7.37. The van der Waals surface area contributed by atoms with E-state index in [1.807, 2.05) is 53.8 Å². The lowest BCUT2D eigenvalue weighted by Crippen LogP contribution is -2.36. The van der Waals surface area contributed by atoms with Crippen molar-refractivity contribution in [3.8, 4) is 0 Å². The van der Waals surface area contributed by atoms with Crippen molar-refractivity contribution in [2.75, 3.05) is 10.6 Å². The minimum absolute atomic E-state index is 0.0291. The van der Waals surface area contributed by atoms with Crippen molar-refractivity contribution in [2.45, 2.75) is 78.4 Å². The van der Waals surface area contributed by atoms with Gasteiger partial charge in [-0.05, 0) is 69.1 Å². The molecule has 2 atom stereocenters. The average Bonchev–Trinajstić information content (AvgIpc) is 3.57. The second-order valence-electron chi connectivity index (χ2n) is 10.7. The zero-order valence-electron chi connectivity index (χ0n) is 21.3. The van der Waals surface area contributed by atoms with E-state index in [0.29, 0.717) is 11.6 Å². The largest absolute Gasteiger partial charge is 0.460 e. The summed E-state index contributed by atoms with van der Waals surface area (Å²) in [5, 5.41) is 6.22. The highest BCUT2D eigenvalue weighted by molar-refractivity contribution is 5.98. The molecule has 1 aliphatic carbocycles. The third-order valence-electron chi connectivity index (χ3n) is 5.86. The monoisotopic (exact) mass is 485 g/mol. The molecule has 0 aliphatic heterocycles. The summed E-state index contributed by atoms with van der Waals surface area (Å²) in [7, 11) is 0. The second kappa shape index (κ2) is 10.6. The van der Waals surface area contributed by atoms with Crippen LogP contribution in [0.1, 0.15) is 82.6 Å². The number of ether oxygens (including phenoxy) is 1. The average molecular weight is 486 g/mol. The molecule has 0 bridgehead atoms. The van der Waals surface area contributed by atoms with Gasteiger partial charge in [0.25, 0.3) is 5.91 Å². The number of nitrogens with one attached hydrogen (secondary N) is 2. The fraction of sp³-hybridized carbons (Fsp3) is 0.538. The van der Waals surface area contributed by atoms with Gasteiger partial charge in [0, 0.05) is 12.2 Å². The summed E-state index contributed by atoms with van der Waals surface area (Å²) in [6, 6.07) is 2.75. The van der Waals surface area contributed by atoms with Gasteiger partial charge in [0.1, 0.15) is 11.4 Å². The smallest absolute Gasteiger partial charge is 0.306 e. The Kier molecular flexibility index (Phi) is 7.97. The lowest BCUT2D eigenvalue weighted by Gasteiger charge is -2.30. The van der Waals surface area contributed by atoms with Crippen LogP contribution in [0.25, 0.3) is 0 Å². The number of nitrogens with two attached hydrogens (primary N) is 1. The Morgan fingerprint density at radius 3 is 2.43 bits per heavy atom. The molecule has 0 saturated heterocycles. The van der Waals surface area contributed by atoms with Gasteiger partial charge in [0.05, 0.1) is 23.9 Å². The second-order valence-corrected chi connectivity index (χ2v) is 10.7. The summed E-state index contributed by atoms with van der Waals surface area (Å²) >= 11 is 0. The van der Waals surface area contributed by atoms with Gasteiger partial charge < -0.3 is 21.1 Å². The quantitative estimate of drug-likeness (QED) is 0.399. The number of carbonyl (C=O) groups is 2. The summed E-state index contributed by atoms with van der Waals surface area (Å²) in [5.74, 6) is -1.33. The first kappa shape index (κ1) is 26.4. The molecule has 9 heteroatoms. The van der Waals surface area contributed by atoms with Crippen LogP contribution in [0.3, 0.4) is 0 Å². The van der Waals surface area contributed by atoms with E-state index >= 15 is 4.39 Å². The molecule has 190 valence electrons. The molecule has 35 heavy (non-hydrogen) atoms. The predicted octanol–water partition coefficient (Wildman–Crippen LogP) is 5.14. The van der Waals surface area contributed by atoms with E-state index in [1.165, 1.54) is 0 Å². The Morgan fingerprint density at radius 2 is 1.86 bits per heavy atom. The molecule has 0 spiro atoms. The molecule has 0 aromatic carbocycles. The van der Waals surface area contributed by atoms with Crippen LogP contribution in [0.4, 0.5) is 21.7 Å². The number of pyridine rings is 2. The zero-order valence-corrected chi connectivity index (χ0v) is 21.3. The van der Waals surface area contributed by atoms with Gasteiger partial charge in [-0.2, -0.15) is 0 Å². The number of hydrogen-bond acceptors (Lipinski definition) is 7. The van der Waals surface area contributed by atoms with Gasteiger partial charge >= 0.3 is 5.97 Å². The molecule has 0 radical (unpaired) electrons. The van der Waals surface area contributed by atoms with Crippen LogP contribution in [0.2, 0.25) is 0 Å². The first-order valence-corrected chi connectivity index (χ1v) is 12.0. The van der Waals surface area contributed by atoms with Gasteiger partial charge in [-0.1, -0.05) is 20.8 Å². The van der Waals surface area contributed by atoms with Crippen LogP contribution in [0.15, 0.2) is 24.5 Å². The Labute approximate surface area is 206 Å². The number of amides is 1. The Balaban J connectivity index is 1.85. The number of esters is 1. The first-order chi connectivity index (χ1) is 16.3. The molecule has 1 amide bonds. The summed E-state index contributed by atoms with van der Waals surface area (Å²) in [4.78, 5) is 33.0. The molecule has 1 fully saturated rings. The number of hydrogen-bond donors (Lipinski definition) is 3. The topological polar surface area (TPSA) is 119 Å². The maximum absolute atomic E-state index is 15.0. The lowest BCUT2D eigenvalue weighted by molar-refractivity contribution is -0.156. The molecule has 1 aliphatic rings. The molecule has 2 aromatic heterocycles. The standard InChI is InChI=1S/C26H36FN5O3/c1-14(2)22(15(3)9-21(33)35-26(4,5)6)31-25-20(27)11-19(23(28)34)24(32-25)30-18-10-17(12-29-13-18)16-7-8-16/h10-16,22H,7-9H2,1-6H3,(H2,28,34)(H2,30,31,32)/t15-,22-/m1/s1. The zero-order chi connectivity index (χ0) is 25.9. The van der Waals surface area contributed by atoms with Crippen molar-refractivity contribution in [3.63, 3.8) is 0 Å². The van der Waals surface area contributed by atoms with Crippen LogP contribution >= 0.6 is 0 Å². The first-order valence-electron chi connectivity index (χ1n) is 12.0.